The number of aliphatic hydroxyl groups is 1. The SMILES string of the molecule is NC(=S)NN=Cc1ccc(OCC(O)Cn2c3ccccc3c3ccccc32)cc1. The van der Waals surface area contributed by atoms with Crippen molar-refractivity contribution in [3.63, 3.8) is 0 Å². The van der Waals surface area contributed by atoms with E-state index in [0.717, 1.165) is 16.6 Å². The Morgan fingerprint density at radius 3 is 2.23 bits per heavy atom. The number of para-hydroxylation sites is 2. The van der Waals surface area contributed by atoms with Crippen molar-refractivity contribution in [1.82, 2.24) is 9.99 Å². The maximum Gasteiger partial charge on any atom is 0.184 e. The van der Waals surface area contributed by atoms with E-state index in [1.165, 1.54) is 10.8 Å². The fourth-order valence-electron chi connectivity index (χ4n) is 3.48. The van der Waals surface area contributed by atoms with Crippen LogP contribution in [0.2, 0.25) is 0 Å². The first-order valence-electron chi connectivity index (χ1n) is 9.57. The summed E-state index contributed by atoms with van der Waals surface area (Å²) in [6.07, 6.45) is 0.959. The molecule has 0 radical (unpaired) electrons. The van der Waals surface area contributed by atoms with Gasteiger partial charge in [-0.1, -0.05) is 36.4 Å². The molecule has 7 heteroatoms. The van der Waals surface area contributed by atoms with E-state index in [2.05, 4.69) is 39.4 Å². The first-order valence-corrected chi connectivity index (χ1v) is 9.98. The van der Waals surface area contributed by atoms with Crippen LogP contribution in [0.1, 0.15) is 5.56 Å². The summed E-state index contributed by atoms with van der Waals surface area (Å²) >= 11 is 4.69. The molecule has 0 aliphatic rings. The molecule has 0 spiro atoms. The number of nitrogens with one attached hydrogen (secondary N) is 1. The smallest absolute Gasteiger partial charge is 0.184 e. The highest BCUT2D eigenvalue weighted by atomic mass is 32.1. The van der Waals surface area contributed by atoms with Gasteiger partial charge < -0.3 is 20.1 Å². The van der Waals surface area contributed by atoms with Crippen molar-refractivity contribution in [2.45, 2.75) is 12.6 Å². The Kier molecular flexibility index (Phi) is 5.92. The quantitative estimate of drug-likeness (QED) is 0.243. The molecule has 0 aliphatic carbocycles. The summed E-state index contributed by atoms with van der Waals surface area (Å²) in [6.45, 7) is 0.640. The lowest BCUT2D eigenvalue weighted by atomic mass is 10.2. The van der Waals surface area contributed by atoms with Gasteiger partial charge in [-0.05, 0) is 54.2 Å². The lowest BCUT2D eigenvalue weighted by Gasteiger charge is -2.15. The molecule has 4 N–H and O–H groups in total. The zero-order valence-electron chi connectivity index (χ0n) is 16.2. The molecule has 0 saturated carbocycles. The number of thiocarbonyl (C=S) groups is 1. The molecular formula is C23H22N4O2S. The maximum absolute atomic E-state index is 10.6. The molecule has 0 saturated heterocycles. The predicted octanol–water partition coefficient (Wildman–Crippen LogP) is 3.40. The summed E-state index contributed by atoms with van der Waals surface area (Å²) in [7, 11) is 0. The third-order valence-electron chi connectivity index (χ3n) is 4.78. The fourth-order valence-corrected chi connectivity index (χ4v) is 3.53. The van der Waals surface area contributed by atoms with Crippen LogP contribution in [0.15, 0.2) is 77.9 Å². The molecule has 1 atom stereocenters. The second-order valence-electron chi connectivity index (χ2n) is 6.91. The number of fused-ring (bicyclic) bond motifs is 3. The van der Waals surface area contributed by atoms with E-state index >= 15 is 0 Å². The Bertz CT molecular complexity index is 1150. The van der Waals surface area contributed by atoms with Crippen LogP contribution >= 0.6 is 12.2 Å². The zero-order valence-corrected chi connectivity index (χ0v) is 17.0. The van der Waals surface area contributed by atoms with Crippen molar-refractivity contribution in [2.24, 2.45) is 10.8 Å². The van der Waals surface area contributed by atoms with Crippen molar-refractivity contribution in [3.05, 3.63) is 78.4 Å². The number of hydrogen-bond acceptors (Lipinski definition) is 4. The van der Waals surface area contributed by atoms with E-state index in [4.69, 9.17) is 22.7 Å². The molecule has 152 valence electrons. The highest BCUT2D eigenvalue weighted by Gasteiger charge is 2.13. The second-order valence-corrected chi connectivity index (χ2v) is 7.35. The molecule has 0 fully saturated rings. The Labute approximate surface area is 179 Å². The fraction of sp³-hybridized carbons (Fsp3) is 0.130. The number of hydrogen-bond donors (Lipinski definition) is 3. The minimum Gasteiger partial charge on any atom is -0.491 e. The van der Waals surface area contributed by atoms with Gasteiger partial charge in [-0.25, -0.2) is 0 Å². The maximum atomic E-state index is 10.6. The first kappa shape index (κ1) is 19.9. The molecule has 4 aromatic rings. The van der Waals surface area contributed by atoms with Crippen LogP contribution in [-0.4, -0.2) is 33.7 Å². The summed E-state index contributed by atoms with van der Waals surface area (Å²) in [5.41, 5.74) is 10.9. The molecule has 0 bridgehead atoms. The third kappa shape index (κ3) is 4.42. The largest absolute Gasteiger partial charge is 0.491 e. The monoisotopic (exact) mass is 418 g/mol. The molecule has 1 unspecified atom stereocenters. The number of rotatable bonds is 7. The van der Waals surface area contributed by atoms with Crippen molar-refractivity contribution in [1.29, 1.82) is 0 Å². The number of aliphatic hydroxyl groups excluding tert-OH is 1. The van der Waals surface area contributed by atoms with E-state index in [-0.39, 0.29) is 11.7 Å². The summed E-state index contributed by atoms with van der Waals surface area (Å²) in [6, 6.07) is 23.9. The van der Waals surface area contributed by atoms with Crippen LogP contribution in [-0.2, 0) is 6.54 Å². The Morgan fingerprint density at radius 2 is 1.63 bits per heavy atom. The summed E-state index contributed by atoms with van der Waals surface area (Å²) in [5, 5.41) is 17.0. The zero-order chi connectivity index (χ0) is 20.9. The number of ether oxygens (including phenoxy) is 1. The molecule has 3 aromatic carbocycles. The van der Waals surface area contributed by atoms with Gasteiger partial charge in [0.25, 0.3) is 0 Å². The Hall–Kier alpha value is -3.42. The molecular weight excluding hydrogens is 396 g/mol. The molecule has 0 amide bonds. The predicted molar refractivity (Wildman–Crippen MR) is 125 cm³/mol. The van der Waals surface area contributed by atoms with Gasteiger partial charge in [-0.3, -0.25) is 5.43 Å². The molecule has 30 heavy (non-hydrogen) atoms. The van der Waals surface area contributed by atoms with Crippen molar-refractivity contribution in [2.75, 3.05) is 6.61 Å². The average Bonchev–Trinajstić information content (AvgIpc) is 3.07. The summed E-state index contributed by atoms with van der Waals surface area (Å²) in [4.78, 5) is 0. The summed E-state index contributed by atoms with van der Waals surface area (Å²) < 4.78 is 7.92. The number of aromatic nitrogens is 1. The van der Waals surface area contributed by atoms with E-state index in [1.807, 2.05) is 48.5 Å². The lowest BCUT2D eigenvalue weighted by molar-refractivity contribution is 0.0945. The minimum atomic E-state index is -0.653. The Morgan fingerprint density at radius 1 is 1.03 bits per heavy atom. The van der Waals surface area contributed by atoms with E-state index in [9.17, 15) is 5.11 Å². The Balaban J connectivity index is 1.42. The van der Waals surface area contributed by atoms with E-state index in [1.54, 1.807) is 6.21 Å². The molecule has 6 nitrogen and oxygen atoms in total. The van der Waals surface area contributed by atoms with Gasteiger partial charge in [-0.2, -0.15) is 5.10 Å². The van der Waals surface area contributed by atoms with Crippen molar-refractivity contribution >= 4 is 45.4 Å². The molecule has 1 aromatic heterocycles. The van der Waals surface area contributed by atoms with E-state index in [0.29, 0.717) is 12.3 Å². The van der Waals surface area contributed by atoms with Gasteiger partial charge in [-0.15, -0.1) is 0 Å². The van der Waals surface area contributed by atoms with Crippen LogP contribution in [0, 0.1) is 0 Å². The normalized spacial score (nSPS) is 12.4. The third-order valence-corrected chi connectivity index (χ3v) is 4.88. The van der Waals surface area contributed by atoms with Crippen LogP contribution < -0.4 is 15.9 Å². The highest BCUT2D eigenvalue weighted by molar-refractivity contribution is 7.80. The topological polar surface area (TPSA) is 84.8 Å². The van der Waals surface area contributed by atoms with Gasteiger partial charge >= 0.3 is 0 Å². The van der Waals surface area contributed by atoms with E-state index < -0.39 is 6.10 Å². The number of nitrogens with two attached hydrogens (primary N) is 1. The summed E-state index contributed by atoms with van der Waals surface area (Å²) in [5.74, 6) is 0.677. The first-order chi connectivity index (χ1) is 14.6. The number of hydrazone groups is 1. The highest BCUT2D eigenvalue weighted by Crippen LogP contribution is 2.28. The number of benzene rings is 3. The molecule has 4 rings (SSSR count). The standard InChI is InChI=1S/C23H22N4O2S/c24-23(30)26-25-13-16-9-11-18(12-10-16)29-15-17(28)14-27-21-7-3-1-5-19(21)20-6-2-4-8-22(20)27/h1-13,17,28H,14-15H2,(H3,24,26,30). The van der Waals surface area contributed by atoms with Crippen LogP contribution in [0.5, 0.6) is 5.75 Å². The number of nitrogens with zero attached hydrogens (tertiary/aromatic N) is 2. The van der Waals surface area contributed by atoms with Gasteiger partial charge in [0, 0.05) is 21.8 Å². The molecule has 0 aliphatic heterocycles. The average molecular weight is 419 g/mol. The van der Waals surface area contributed by atoms with Gasteiger partial charge in [0.1, 0.15) is 18.5 Å². The van der Waals surface area contributed by atoms with Gasteiger partial charge in [0.15, 0.2) is 5.11 Å². The minimum absolute atomic E-state index is 0.114. The lowest BCUT2D eigenvalue weighted by Crippen LogP contribution is -2.24. The molecule has 1 heterocycles. The van der Waals surface area contributed by atoms with Gasteiger partial charge in [0.2, 0.25) is 0 Å². The van der Waals surface area contributed by atoms with Crippen LogP contribution in [0.25, 0.3) is 21.8 Å². The van der Waals surface area contributed by atoms with Gasteiger partial charge in [0.05, 0.1) is 12.8 Å². The van der Waals surface area contributed by atoms with Crippen molar-refractivity contribution in [3.8, 4) is 5.75 Å². The van der Waals surface area contributed by atoms with Crippen LogP contribution in [0.4, 0.5) is 0 Å². The van der Waals surface area contributed by atoms with Crippen molar-refractivity contribution < 1.29 is 9.84 Å². The van der Waals surface area contributed by atoms with Crippen LogP contribution in [0.3, 0.4) is 0 Å². The second kappa shape index (κ2) is 8.94.